The monoisotopic (exact) mass is 315 g/mol. The number of likely N-dealkylation sites (N-methyl/N-ethyl adjacent to an activating group) is 1. The molecule has 1 fully saturated rings. The molecule has 3 rings (SSSR count). The van der Waals surface area contributed by atoms with Crippen LogP contribution in [0.3, 0.4) is 0 Å². The third-order valence-corrected chi connectivity index (χ3v) is 4.23. The van der Waals surface area contributed by atoms with Gasteiger partial charge in [0.05, 0.1) is 19.8 Å². The van der Waals surface area contributed by atoms with Gasteiger partial charge in [-0.15, -0.1) is 0 Å². The van der Waals surface area contributed by atoms with E-state index in [0.29, 0.717) is 6.10 Å². The summed E-state index contributed by atoms with van der Waals surface area (Å²) in [5.74, 6) is 0.908. The lowest BCUT2D eigenvalue weighted by Gasteiger charge is -2.21. The van der Waals surface area contributed by atoms with E-state index in [-0.39, 0.29) is 0 Å². The van der Waals surface area contributed by atoms with Gasteiger partial charge in [-0.05, 0) is 43.7 Å². The summed E-state index contributed by atoms with van der Waals surface area (Å²) in [4.78, 5) is 2.33. The summed E-state index contributed by atoms with van der Waals surface area (Å²) in [6, 6.07) is 8.34. The van der Waals surface area contributed by atoms with Crippen LogP contribution in [0.2, 0.25) is 0 Å². The summed E-state index contributed by atoms with van der Waals surface area (Å²) < 4.78 is 13.1. The van der Waals surface area contributed by atoms with Crippen molar-refractivity contribution in [2.45, 2.75) is 32.0 Å². The average molecular weight is 315 g/mol. The molecule has 5 heteroatoms. The second-order valence-corrected chi connectivity index (χ2v) is 6.18. The van der Waals surface area contributed by atoms with Crippen LogP contribution in [0.4, 0.5) is 0 Å². The quantitative estimate of drug-likeness (QED) is 0.787. The predicted octanol–water partition coefficient (Wildman–Crippen LogP) is 2.55. The molecule has 0 radical (unpaired) electrons. The predicted molar refractivity (Wildman–Crippen MR) is 89.6 cm³/mol. The summed E-state index contributed by atoms with van der Waals surface area (Å²) in [6.07, 6.45) is 6.52. The molecule has 0 bridgehead atoms. The first kappa shape index (κ1) is 16.0. The van der Waals surface area contributed by atoms with E-state index in [1.807, 2.05) is 23.0 Å². The third kappa shape index (κ3) is 4.33. The SMILES string of the molecule is COc1ccc(CN(C)C[C@H]2CCCO2)cc1Cn1cccn1. The number of aromatic nitrogens is 2. The van der Waals surface area contributed by atoms with E-state index in [9.17, 15) is 0 Å². The van der Waals surface area contributed by atoms with Gasteiger partial charge in [-0.2, -0.15) is 5.10 Å². The van der Waals surface area contributed by atoms with Crippen LogP contribution in [0, 0.1) is 0 Å². The molecule has 1 aromatic heterocycles. The highest BCUT2D eigenvalue weighted by molar-refractivity contribution is 5.37. The fourth-order valence-corrected chi connectivity index (χ4v) is 3.13. The zero-order valence-corrected chi connectivity index (χ0v) is 13.9. The molecule has 0 spiro atoms. The Hall–Kier alpha value is -1.85. The number of hydrogen-bond acceptors (Lipinski definition) is 4. The van der Waals surface area contributed by atoms with Crippen molar-refractivity contribution in [3.63, 3.8) is 0 Å². The van der Waals surface area contributed by atoms with Crippen LogP contribution in [0.25, 0.3) is 0 Å². The molecule has 1 aliphatic rings. The van der Waals surface area contributed by atoms with Crippen LogP contribution < -0.4 is 4.74 Å². The van der Waals surface area contributed by atoms with Gasteiger partial charge in [0.1, 0.15) is 5.75 Å². The van der Waals surface area contributed by atoms with Crippen molar-refractivity contribution in [1.82, 2.24) is 14.7 Å². The maximum atomic E-state index is 5.72. The van der Waals surface area contributed by atoms with Gasteiger partial charge in [-0.3, -0.25) is 9.58 Å². The molecule has 2 heterocycles. The normalized spacial score (nSPS) is 17.8. The van der Waals surface area contributed by atoms with Gasteiger partial charge in [-0.1, -0.05) is 6.07 Å². The third-order valence-electron chi connectivity index (χ3n) is 4.23. The van der Waals surface area contributed by atoms with E-state index in [1.165, 1.54) is 18.4 Å². The van der Waals surface area contributed by atoms with E-state index in [0.717, 1.165) is 37.6 Å². The molecule has 1 aliphatic heterocycles. The Balaban J connectivity index is 1.66. The van der Waals surface area contributed by atoms with Crippen molar-refractivity contribution >= 4 is 0 Å². The van der Waals surface area contributed by atoms with Gasteiger partial charge < -0.3 is 9.47 Å². The van der Waals surface area contributed by atoms with Crippen molar-refractivity contribution in [2.75, 3.05) is 27.3 Å². The fourth-order valence-electron chi connectivity index (χ4n) is 3.13. The van der Waals surface area contributed by atoms with Gasteiger partial charge in [0, 0.05) is 37.7 Å². The largest absolute Gasteiger partial charge is 0.496 e. The minimum atomic E-state index is 0.391. The topological polar surface area (TPSA) is 39.5 Å². The van der Waals surface area contributed by atoms with Crippen molar-refractivity contribution in [3.05, 3.63) is 47.8 Å². The fraction of sp³-hybridized carbons (Fsp3) is 0.500. The Morgan fingerprint density at radius 1 is 1.43 bits per heavy atom. The molecule has 1 atom stereocenters. The van der Waals surface area contributed by atoms with E-state index in [4.69, 9.17) is 9.47 Å². The van der Waals surface area contributed by atoms with Crippen molar-refractivity contribution in [3.8, 4) is 5.75 Å². The van der Waals surface area contributed by atoms with Crippen LogP contribution in [0.5, 0.6) is 5.75 Å². The molecule has 0 saturated carbocycles. The molecule has 2 aromatic rings. The van der Waals surface area contributed by atoms with E-state index in [1.54, 1.807) is 13.3 Å². The Labute approximate surface area is 137 Å². The lowest BCUT2D eigenvalue weighted by Crippen LogP contribution is -2.28. The Kier molecular flexibility index (Phi) is 5.31. The smallest absolute Gasteiger partial charge is 0.123 e. The van der Waals surface area contributed by atoms with E-state index < -0.39 is 0 Å². The van der Waals surface area contributed by atoms with Crippen molar-refractivity contribution in [1.29, 1.82) is 0 Å². The molecule has 1 saturated heterocycles. The summed E-state index contributed by atoms with van der Waals surface area (Å²) in [5, 5.41) is 4.28. The van der Waals surface area contributed by atoms with Gasteiger partial charge in [0.2, 0.25) is 0 Å². The number of ether oxygens (including phenoxy) is 2. The molecule has 124 valence electrons. The van der Waals surface area contributed by atoms with Crippen LogP contribution in [0.1, 0.15) is 24.0 Å². The van der Waals surface area contributed by atoms with Crippen LogP contribution in [-0.2, 0) is 17.8 Å². The van der Waals surface area contributed by atoms with Gasteiger partial charge in [0.25, 0.3) is 0 Å². The Morgan fingerprint density at radius 3 is 3.04 bits per heavy atom. The lowest BCUT2D eigenvalue weighted by molar-refractivity contribution is 0.0793. The summed E-state index contributed by atoms with van der Waals surface area (Å²) in [7, 11) is 3.87. The van der Waals surface area contributed by atoms with Crippen LogP contribution >= 0.6 is 0 Å². The summed E-state index contributed by atoms with van der Waals surface area (Å²) in [6.45, 7) is 3.53. The Morgan fingerprint density at radius 2 is 2.35 bits per heavy atom. The second-order valence-electron chi connectivity index (χ2n) is 6.18. The number of methoxy groups -OCH3 is 1. The molecular weight excluding hydrogens is 290 g/mol. The molecule has 1 aromatic carbocycles. The minimum Gasteiger partial charge on any atom is -0.496 e. The van der Waals surface area contributed by atoms with E-state index >= 15 is 0 Å². The van der Waals surface area contributed by atoms with Gasteiger partial charge >= 0.3 is 0 Å². The highest BCUT2D eigenvalue weighted by Crippen LogP contribution is 2.22. The second kappa shape index (κ2) is 7.62. The maximum Gasteiger partial charge on any atom is 0.123 e. The number of hydrogen-bond donors (Lipinski definition) is 0. The maximum absolute atomic E-state index is 5.72. The molecule has 0 unspecified atom stereocenters. The molecule has 0 aliphatic carbocycles. The number of nitrogens with zero attached hydrogens (tertiary/aromatic N) is 3. The molecule has 0 N–H and O–H groups in total. The highest BCUT2D eigenvalue weighted by Gasteiger charge is 2.17. The standard InChI is InChI=1S/C18H25N3O2/c1-20(14-17-5-3-10-23-17)12-15-6-7-18(22-2)16(11-15)13-21-9-4-8-19-21/h4,6-9,11,17H,3,5,10,12-14H2,1-2H3/t17-/m1/s1. The lowest BCUT2D eigenvalue weighted by atomic mass is 10.1. The zero-order chi connectivity index (χ0) is 16.1. The Bertz CT molecular complexity index is 607. The molecular formula is C18H25N3O2. The van der Waals surface area contributed by atoms with Crippen molar-refractivity contribution < 1.29 is 9.47 Å². The zero-order valence-electron chi connectivity index (χ0n) is 13.9. The molecule has 23 heavy (non-hydrogen) atoms. The number of benzene rings is 1. The van der Waals surface area contributed by atoms with Crippen molar-refractivity contribution in [2.24, 2.45) is 0 Å². The minimum absolute atomic E-state index is 0.391. The average Bonchev–Trinajstić information content (AvgIpc) is 3.21. The number of rotatable bonds is 7. The first-order valence-corrected chi connectivity index (χ1v) is 8.18. The first-order chi connectivity index (χ1) is 11.2. The van der Waals surface area contributed by atoms with Crippen LogP contribution in [-0.4, -0.2) is 48.1 Å². The molecule has 5 nitrogen and oxygen atoms in total. The van der Waals surface area contributed by atoms with E-state index in [2.05, 4.69) is 29.2 Å². The highest BCUT2D eigenvalue weighted by atomic mass is 16.5. The van der Waals surface area contributed by atoms with Gasteiger partial charge in [0.15, 0.2) is 0 Å². The van der Waals surface area contributed by atoms with Crippen LogP contribution in [0.15, 0.2) is 36.7 Å². The van der Waals surface area contributed by atoms with Gasteiger partial charge in [-0.25, -0.2) is 0 Å². The first-order valence-electron chi connectivity index (χ1n) is 8.18. The summed E-state index contributed by atoms with van der Waals surface area (Å²) >= 11 is 0. The summed E-state index contributed by atoms with van der Waals surface area (Å²) in [5.41, 5.74) is 2.44. The molecule has 0 amide bonds.